The molecular formula is C26H36N4. The summed E-state index contributed by atoms with van der Waals surface area (Å²) in [5.41, 5.74) is 5.53. The maximum atomic E-state index is 4.96. The summed E-state index contributed by atoms with van der Waals surface area (Å²) in [4.78, 5) is 12.0. The van der Waals surface area contributed by atoms with Crippen LogP contribution in [-0.2, 0) is 10.8 Å². The summed E-state index contributed by atoms with van der Waals surface area (Å²) in [6.45, 7) is 17.5. The minimum absolute atomic E-state index is 0.191. The van der Waals surface area contributed by atoms with Crippen LogP contribution in [0.5, 0.6) is 0 Å². The highest BCUT2D eigenvalue weighted by molar-refractivity contribution is 5.61. The Morgan fingerprint density at radius 2 is 1.70 bits per heavy atom. The molecule has 1 fully saturated rings. The van der Waals surface area contributed by atoms with Crippen molar-refractivity contribution in [3.8, 4) is 11.4 Å². The van der Waals surface area contributed by atoms with Crippen LogP contribution in [0.15, 0.2) is 42.7 Å². The summed E-state index contributed by atoms with van der Waals surface area (Å²) in [7, 11) is 0. The first-order valence-electron chi connectivity index (χ1n) is 11.3. The summed E-state index contributed by atoms with van der Waals surface area (Å²) in [6, 6.07) is 9.44. The molecule has 1 saturated heterocycles. The number of hydrogen-bond acceptors (Lipinski definition) is 4. The Bertz CT molecular complexity index is 936. The summed E-state index contributed by atoms with van der Waals surface area (Å²) < 4.78 is 0. The van der Waals surface area contributed by atoms with Crippen LogP contribution in [0, 0.1) is 0 Å². The van der Waals surface area contributed by atoms with Crippen molar-refractivity contribution in [2.45, 2.75) is 77.2 Å². The maximum Gasteiger partial charge on any atom is 0.161 e. The fourth-order valence-corrected chi connectivity index (χ4v) is 4.99. The predicted molar refractivity (Wildman–Crippen MR) is 126 cm³/mol. The van der Waals surface area contributed by atoms with Crippen LogP contribution in [-0.4, -0.2) is 29.1 Å². The fourth-order valence-electron chi connectivity index (χ4n) is 4.99. The molecule has 4 nitrogen and oxygen atoms in total. The van der Waals surface area contributed by atoms with E-state index in [-0.39, 0.29) is 10.8 Å². The molecule has 1 aliphatic heterocycles. The average Bonchev–Trinajstić information content (AvgIpc) is 2.71. The van der Waals surface area contributed by atoms with Gasteiger partial charge in [-0.2, -0.15) is 0 Å². The van der Waals surface area contributed by atoms with Crippen molar-refractivity contribution < 1.29 is 0 Å². The maximum absolute atomic E-state index is 4.96. The Balaban J connectivity index is 1.59. The van der Waals surface area contributed by atoms with E-state index in [0.717, 1.165) is 48.8 Å². The van der Waals surface area contributed by atoms with E-state index in [4.69, 9.17) is 4.98 Å². The minimum atomic E-state index is 0.191. The van der Waals surface area contributed by atoms with Gasteiger partial charge in [0.25, 0.3) is 0 Å². The number of fused-ring (bicyclic) bond motifs is 1. The third kappa shape index (κ3) is 4.10. The number of nitrogens with one attached hydrogen (secondary N) is 1. The number of piperidine rings is 1. The predicted octanol–water partition coefficient (Wildman–Crippen LogP) is 5.58. The molecule has 1 aromatic carbocycles. The number of hydrogen-bond donors (Lipinski definition) is 1. The second-order valence-electron chi connectivity index (χ2n) is 10.5. The largest absolute Gasteiger partial charge is 0.386 e. The Labute approximate surface area is 181 Å². The molecule has 160 valence electrons. The van der Waals surface area contributed by atoms with E-state index >= 15 is 0 Å². The van der Waals surface area contributed by atoms with Crippen LogP contribution in [0.2, 0.25) is 0 Å². The number of anilines is 1. The van der Waals surface area contributed by atoms with Crippen LogP contribution in [0.3, 0.4) is 0 Å². The monoisotopic (exact) mass is 404 g/mol. The minimum Gasteiger partial charge on any atom is -0.386 e. The highest BCUT2D eigenvalue weighted by atomic mass is 15.2. The smallest absolute Gasteiger partial charge is 0.161 e. The van der Waals surface area contributed by atoms with Crippen LogP contribution < -0.4 is 10.2 Å². The molecule has 2 aromatic rings. The Morgan fingerprint density at radius 3 is 2.37 bits per heavy atom. The molecule has 0 amide bonds. The molecule has 2 heterocycles. The van der Waals surface area contributed by atoms with Crippen LogP contribution in [0.25, 0.3) is 11.4 Å². The van der Waals surface area contributed by atoms with E-state index in [1.54, 1.807) is 0 Å². The van der Waals surface area contributed by atoms with Gasteiger partial charge in [-0.3, -0.25) is 0 Å². The molecule has 0 unspecified atom stereocenters. The van der Waals surface area contributed by atoms with Gasteiger partial charge in [-0.25, -0.2) is 9.97 Å². The van der Waals surface area contributed by atoms with Gasteiger partial charge in [0.15, 0.2) is 5.82 Å². The molecule has 1 aliphatic carbocycles. The van der Waals surface area contributed by atoms with E-state index in [1.807, 2.05) is 19.2 Å². The first kappa shape index (κ1) is 20.9. The van der Waals surface area contributed by atoms with Crippen molar-refractivity contribution in [3.05, 3.63) is 53.9 Å². The Kier molecular flexibility index (Phi) is 5.37. The van der Waals surface area contributed by atoms with Crippen molar-refractivity contribution >= 4 is 5.82 Å². The lowest BCUT2D eigenvalue weighted by atomic mass is 9.63. The summed E-state index contributed by atoms with van der Waals surface area (Å²) in [5, 5.41) is 3.48. The molecule has 1 aromatic heterocycles. The highest BCUT2D eigenvalue weighted by Gasteiger charge is 2.37. The average molecular weight is 405 g/mol. The van der Waals surface area contributed by atoms with Gasteiger partial charge in [0.2, 0.25) is 0 Å². The van der Waals surface area contributed by atoms with Gasteiger partial charge >= 0.3 is 0 Å². The molecule has 4 rings (SSSR count). The number of nitrogens with zero attached hydrogens (tertiary/aromatic N) is 3. The zero-order chi connectivity index (χ0) is 21.5. The zero-order valence-corrected chi connectivity index (χ0v) is 19.3. The van der Waals surface area contributed by atoms with Crippen molar-refractivity contribution in [1.82, 2.24) is 15.3 Å². The third-order valence-corrected chi connectivity index (χ3v) is 7.02. The number of benzene rings is 1. The summed E-state index contributed by atoms with van der Waals surface area (Å²) in [5.74, 6) is 1.86. The fraction of sp³-hybridized carbons (Fsp3) is 0.538. The zero-order valence-electron chi connectivity index (χ0n) is 19.3. The lowest BCUT2D eigenvalue weighted by molar-refractivity contribution is 0.332. The van der Waals surface area contributed by atoms with Crippen molar-refractivity contribution in [2.24, 2.45) is 0 Å². The normalized spacial score (nSPS) is 20.5. The molecule has 30 heavy (non-hydrogen) atoms. The lowest BCUT2D eigenvalue weighted by Gasteiger charge is -2.42. The van der Waals surface area contributed by atoms with Gasteiger partial charge < -0.3 is 10.2 Å². The molecule has 0 saturated carbocycles. The van der Waals surface area contributed by atoms with Gasteiger partial charge in [-0.05, 0) is 66.7 Å². The van der Waals surface area contributed by atoms with Crippen LogP contribution in [0.4, 0.5) is 5.82 Å². The first-order valence-corrected chi connectivity index (χ1v) is 11.3. The van der Waals surface area contributed by atoms with Gasteiger partial charge in [0.1, 0.15) is 5.82 Å². The SMILES string of the molecule is C=C(C)NC1CCN(c2ccnc(-c3ccc4c(c3)C(C)(C)CCC4(C)C)n2)CC1. The van der Waals surface area contributed by atoms with Gasteiger partial charge in [-0.15, -0.1) is 0 Å². The number of rotatable bonds is 4. The highest BCUT2D eigenvalue weighted by Crippen LogP contribution is 2.46. The second-order valence-corrected chi connectivity index (χ2v) is 10.5. The van der Waals surface area contributed by atoms with Crippen LogP contribution in [0.1, 0.15) is 71.4 Å². The third-order valence-electron chi connectivity index (χ3n) is 7.02. The second kappa shape index (κ2) is 7.72. The molecule has 4 heteroatoms. The number of allylic oxidation sites excluding steroid dienone is 1. The molecule has 0 spiro atoms. The Hall–Kier alpha value is -2.36. The molecule has 0 bridgehead atoms. The van der Waals surface area contributed by atoms with Gasteiger partial charge in [0.05, 0.1) is 0 Å². The van der Waals surface area contributed by atoms with E-state index in [0.29, 0.717) is 6.04 Å². The Morgan fingerprint density at radius 1 is 1.03 bits per heavy atom. The topological polar surface area (TPSA) is 41.0 Å². The van der Waals surface area contributed by atoms with E-state index in [1.165, 1.54) is 24.0 Å². The first-order chi connectivity index (χ1) is 14.2. The van der Waals surface area contributed by atoms with E-state index in [2.05, 4.69) is 67.7 Å². The summed E-state index contributed by atoms with van der Waals surface area (Å²) in [6.07, 6.45) is 6.56. The van der Waals surface area contributed by atoms with Crippen LogP contribution >= 0.6 is 0 Å². The van der Waals surface area contributed by atoms with E-state index in [9.17, 15) is 0 Å². The molecule has 2 aliphatic rings. The van der Waals surface area contributed by atoms with Crippen molar-refractivity contribution in [3.63, 3.8) is 0 Å². The van der Waals surface area contributed by atoms with Crippen molar-refractivity contribution in [1.29, 1.82) is 0 Å². The standard InChI is InChI=1S/C26H36N4/c1-18(2)28-20-10-15-30(16-11-20)23-9-14-27-24(29-23)19-7-8-21-22(17-19)26(5,6)13-12-25(21,3)4/h7-9,14,17,20,28H,1,10-13,15-16H2,2-6H3. The molecular weight excluding hydrogens is 368 g/mol. The van der Waals surface area contributed by atoms with Crippen molar-refractivity contribution in [2.75, 3.05) is 18.0 Å². The molecule has 0 radical (unpaired) electrons. The summed E-state index contributed by atoms with van der Waals surface area (Å²) >= 11 is 0. The number of aromatic nitrogens is 2. The van der Waals surface area contributed by atoms with E-state index < -0.39 is 0 Å². The molecule has 1 N–H and O–H groups in total. The molecule has 0 atom stereocenters. The quantitative estimate of drug-likeness (QED) is 0.722. The van der Waals surface area contributed by atoms with Gasteiger partial charge in [0, 0.05) is 36.6 Å². The lowest BCUT2D eigenvalue weighted by Crippen LogP contribution is -2.42. The van der Waals surface area contributed by atoms with Gasteiger partial charge in [-0.1, -0.05) is 46.4 Å².